The molecule has 8 aliphatic rings. The van der Waals surface area contributed by atoms with Crippen LogP contribution in [-0.4, -0.2) is 491 Å². The van der Waals surface area contributed by atoms with Gasteiger partial charge in [-0.1, -0.05) is 6.07 Å². The van der Waals surface area contributed by atoms with Gasteiger partial charge in [0.05, 0.1) is 65.5 Å². The van der Waals surface area contributed by atoms with E-state index < -0.39 is 341 Å². The molecule has 112 heavy (non-hydrogen) atoms. The fraction of sp³-hybridized carbons (Fsp3) is 0.889. The van der Waals surface area contributed by atoms with Gasteiger partial charge in [-0.2, -0.15) is 0 Å². The van der Waals surface area contributed by atoms with Crippen molar-refractivity contribution < 1.29 is 223 Å². The van der Waals surface area contributed by atoms with Crippen LogP contribution in [0.5, 0.6) is 0 Å². The average molecular weight is 1640 g/mol. The Bertz CT molecular complexity index is 3000. The number of nitrogens with zero attached hydrogens (tertiary/aromatic N) is 1. The third-order valence-electron chi connectivity index (χ3n) is 20.2. The van der Waals surface area contributed by atoms with Crippen LogP contribution in [0.1, 0.15) is 13.8 Å². The lowest BCUT2D eigenvalue weighted by Crippen LogP contribution is -2.69. The lowest BCUT2D eigenvalue weighted by molar-refractivity contribution is -0.400. The first kappa shape index (κ1) is 92.1. The number of aliphatic hydroxyl groups is 27. The summed E-state index contributed by atoms with van der Waals surface area (Å²) in [6, 6.07) is 1.34. The van der Waals surface area contributed by atoms with Crippen LogP contribution < -0.4 is 16.0 Å². The van der Waals surface area contributed by atoms with Gasteiger partial charge in [0.1, 0.15) is 219 Å². The highest BCUT2D eigenvalue weighted by Gasteiger charge is 2.60. The summed E-state index contributed by atoms with van der Waals surface area (Å²) >= 11 is 0. The Morgan fingerprint density at radius 1 is 0.393 bits per heavy atom. The number of amides is 2. The molecule has 0 saturated carbocycles. The van der Waals surface area contributed by atoms with Crippen molar-refractivity contribution in [1.82, 2.24) is 15.6 Å². The molecular formula is C63H104N4O45. The maximum atomic E-state index is 13.1. The van der Waals surface area contributed by atoms with Crippen molar-refractivity contribution in [2.75, 3.05) is 71.3 Å². The topological polar surface area (TPSA) is 777 Å². The Kier molecular flexibility index (Phi) is 33.9. The van der Waals surface area contributed by atoms with Gasteiger partial charge in [0.25, 0.3) is 0 Å². The number of carbonyl (C=O) groups is 2. The number of rotatable bonds is 33. The van der Waals surface area contributed by atoms with Crippen LogP contribution in [0.4, 0.5) is 5.82 Å². The second kappa shape index (κ2) is 41.2. The maximum Gasteiger partial charge on any atom is 0.217 e. The van der Waals surface area contributed by atoms with Crippen LogP contribution in [0.3, 0.4) is 0 Å². The summed E-state index contributed by atoms with van der Waals surface area (Å²) in [6.07, 6.45) is -88.4. The number of anilines is 1. The molecule has 0 aromatic carbocycles. The van der Waals surface area contributed by atoms with Crippen molar-refractivity contribution in [2.24, 2.45) is 0 Å². The predicted octanol–water partition coefficient (Wildman–Crippen LogP) is -19.2. The third-order valence-corrected chi connectivity index (χ3v) is 20.2. The molecule has 1 aromatic rings. The zero-order chi connectivity index (χ0) is 82.2. The van der Waals surface area contributed by atoms with Crippen molar-refractivity contribution in [3.8, 4) is 0 Å². The number of aliphatic hydroxyl groups excluding tert-OH is 27. The molecule has 0 spiro atoms. The molecule has 2 amide bonds. The molecule has 8 saturated heterocycles. The normalized spacial score (nSPS) is 46.0. The Morgan fingerprint density at radius 3 is 1.18 bits per heavy atom. The molecule has 0 radical (unpaired) electrons. The number of carbonyl (C=O) groups excluding carboxylic acids is 2. The van der Waals surface area contributed by atoms with Gasteiger partial charge in [-0.3, -0.25) is 9.59 Å². The molecule has 0 unspecified atom stereocenters. The summed E-state index contributed by atoms with van der Waals surface area (Å²) in [7, 11) is 0. The predicted molar refractivity (Wildman–Crippen MR) is 348 cm³/mol. The summed E-state index contributed by atoms with van der Waals surface area (Å²) in [5.41, 5.74) is 0. The van der Waals surface area contributed by atoms with Gasteiger partial charge < -0.3 is 230 Å². The third kappa shape index (κ3) is 20.9. The van der Waals surface area contributed by atoms with Gasteiger partial charge in [-0.25, -0.2) is 4.98 Å². The van der Waals surface area contributed by atoms with E-state index in [0.29, 0.717) is 0 Å². The fourth-order valence-electron chi connectivity index (χ4n) is 13.8. The second-order valence-corrected chi connectivity index (χ2v) is 27.9. The van der Waals surface area contributed by atoms with Gasteiger partial charge >= 0.3 is 0 Å². The van der Waals surface area contributed by atoms with E-state index >= 15 is 0 Å². The van der Waals surface area contributed by atoms with Crippen molar-refractivity contribution in [3.63, 3.8) is 0 Å². The molecular weight excluding hydrogens is 1530 g/mol. The van der Waals surface area contributed by atoms with Crippen LogP contribution in [0, 0.1) is 0 Å². The summed E-state index contributed by atoms with van der Waals surface area (Å²) in [4.78, 5) is 29.7. The van der Waals surface area contributed by atoms with Crippen LogP contribution in [0.15, 0.2) is 24.4 Å². The number of nitrogens with one attached hydrogen (secondary N) is 3. The molecule has 44 atom stereocenters. The van der Waals surface area contributed by atoms with Crippen LogP contribution >= 0.6 is 0 Å². The smallest absolute Gasteiger partial charge is 0.217 e. The molecule has 49 nitrogen and oxygen atoms in total. The van der Waals surface area contributed by atoms with E-state index in [-0.39, 0.29) is 12.4 Å². The largest absolute Gasteiger partial charge is 0.394 e. The molecule has 0 aliphatic carbocycles. The molecule has 0 bridgehead atoms. The highest BCUT2D eigenvalue weighted by molar-refractivity contribution is 5.73. The van der Waals surface area contributed by atoms with Gasteiger partial charge in [-0.15, -0.1) is 0 Å². The zero-order valence-corrected chi connectivity index (χ0v) is 59.7. The number of hydrogen-bond acceptors (Lipinski definition) is 47. The van der Waals surface area contributed by atoms with Gasteiger partial charge in [0.15, 0.2) is 50.3 Å². The van der Waals surface area contributed by atoms with Gasteiger partial charge in [0.2, 0.25) is 11.8 Å². The van der Waals surface area contributed by atoms with Crippen molar-refractivity contribution >= 4 is 17.6 Å². The molecule has 30 N–H and O–H groups in total. The summed E-state index contributed by atoms with van der Waals surface area (Å²) in [6.45, 7) is -8.31. The summed E-state index contributed by atoms with van der Waals surface area (Å²) in [5.74, 6) is -1.44. The first-order valence-electron chi connectivity index (χ1n) is 35.6. The highest BCUT2D eigenvalue weighted by Crippen LogP contribution is 2.39. The van der Waals surface area contributed by atoms with E-state index in [0.717, 1.165) is 13.8 Å². The van der Waals surface area contributed by atoms with Gasteiger partial charge in [0, 0.05) is 26.6 Å². The number of ether oxygens (including phenoxy) is 16. The molecule has 9 heterocycles. The Hall–Kier alpha value is -3.83. The van der Waals surface area contributed by atoms with Crippen molar-refractivity contribution in [1.29, 1.82) is 0 Å². The van der Waals surface area contributed by atoms with E-state index in [2.05, 4.69) is 20.9 Å². The SMILES string of the molecule is CC(=O)N[C@H]1[C@H](O[C@@H]([C@H](O)[C@H](CNc2ccccn2)NC(C)=O)[C@H](O)CO)O[C@H](CO)[C@@H](O[C@@H]2O[C@H](CO[C@@H]3O[C@@H](CO[C@@H]4O[C@@H](CO)[C@H](O)[C@@H](O)[C@H]4O[C@@H]4O[C@@H](CO)[C@H](O)[C@@H](O)[C@H]4O)[C@H](O)[C@@H](O)[C@H]3O[C@@H]3O[C@@H](CO)[C@H](O)[C@@H](O)[C@H]3O)[C@@H](O)[C@H](O[C@@H]3O[C@@H](CO)[C@H](O)[C@@H](O)[C@H]3O[C@@H]3O[C@@H](CO)[C@H](O)[C@@H](O)[C@H]3O)[C@@H]2O)[C@@H]1O. The standard InChI is InChI=1S/C63H104N4O45/c1-17(75)66-19(7-65-29-5-3-4-6-64-29)31(78)50(20(77)8-68)107-56-30(67-18(2)76)39(86)51(26(14-74)104-56)108-60-49(96)52(109-63-55(44(91)36(83)25(13-73)103-63)112-59-48(95)42(89)34(81)23(11-71)101-59)38(85)28(105-60)16-98-62-54(111-58-47(94)41(88)33(80)22(10-70)100-58)45(92)37(84)27(106-62)15-97-61-53(43(90)35(82)24(12-72)102-61)110-57-46(93)40(87)32(79)21(9-69)99-57/h3-6,19-28,30-63,68-74,77-96H,7-16H2,1-2H3,(H,64,65)(H,66,75)(H,67,76)/t19-,20+,21-,22-,23-,24-,25-,26+,27-,28+,30+,31+,32-,33-,34-,35-,36-,37-,38+,39+,40+,41+,42+,43+,44+,45+,46+,47+,48+,49-,50+,51+,52-,53+,54+,55+,56-,57-,58-,59-,60-,61+,62+,63-/m0/s1. The molecule has 8 aliphatic heterocycles. The molecule has 646 valence electrons. The van der Waals surface area contributed by atoms with Crippen LogP contribution in [0.25, 0.3) is 0 Å². The zero-order valence-electron chi connectivity index (χ0n) is 59.7. The highest BCUT2D eigenvalue weighted by atomic mass is 16.8. The van der Waals surface area contributed by atoms with Crippen molar-refractivity contribution in [3.05, 3.63) is 24.4 Å². The molecule has 49 heteroatoms. The minimum Gasteiger partial charge on any atom is -0.394 e. The first-order chi connectivity index (χ1) is 53.2. The summed E-state index contributed by atoms with van der Waals surface area (Å²) in [5, 5.41) is 306. The molecule has 8 fully saturated rings. The van der Waals surface area contributed by atoms with E-state index in [9.17, 15) is 147 Å². The quantitative estimate of drug-likeness (QED) is 0.0311. The van der Waals surface area contributed by atoms with E-state index in [4.69, 9.17) is 75.8 Å². The fourth-order valence-corrected chi connectivity index (χ4v) is 13.8. The van der Waals surface area contributed by atoms with Crippen LogP contribution in [0.2, 0.25) is 0 Å². The molecule has 9 rings (SSSR count). The maximum absolute atomic E-state index is 13.1. The summed E-state index contributed by atoms with van der Waals surface area (Å²) < 4.78 is 94.1. The number of hydrogen-bond donors (Lipinski definition) is 30. The van der Waals surface area contributed by atoms with E-state index in [1.54, 1.807) is 12.1 Å². The first-order valence-corrected chi connectivity index (χ1v) is 35.6. The monoisotopic (exact) mass is 1640 g/mol. The lowest BCUT2D eigenvalue weighted by atomic mass is 9.94. The van der Waals surface area contributed by atoms with E-state index in [1.165, 1.54) is 12.3 Å². The number of aromatic nitrogens is 1. The minimum absolute atomic E-state index is 0.245. The van der Waals surface area contributed by atoms with Crippen molar-refractivity contribution in [2.45, 2.75) is 284 Å². The Morgan fingerprint density at radius 2 is 0.759 bits per heavy atom. The van der Waals surface area contributed by atoms with E-state index in [1.807, 2.05) is 0 Å². The number of pyridine rings is 1. The molecule has 1 aromatic heterocycles. The Balaban J connectivity index is 1.06. The minimum atomic E-state index is -2.57. The Labute approximate surface area is 634 Å². The average Bonchev–Trinajstić information content (AvgIpc) is 0.773. The van der Waals surface area contributed by atoms with Crippen LogP contribution in [-0.2, 0) is 85.4 Å². The van der Waals surface area contributed by atoms with Gasteiger partial charge in [-0.05, 0) is 12.1 Å². The lowest BCUT2D eigenvalue weighted by Gasteiger charge is -2.50. The second-order valence-electron chi connectivity index (χ2n) is 27.9.